The molecule has 24 heavy (non-hydrogen) atoms. The summed E-state index contributed by atoms with van der Waals surface area (Å²) in [5.41, 5.74) is -0.0483. The molecule has 0 aliphatic carbocycles. The fourth-order valence-electron chi connectivity index (χ4n) is 2.60. The number of aromatic carboxylic acids is 1. The van der Waals surface area contributed by atoms with Crippen LogP contribution in [-0.4, -0.2) is 41.1 Å². The van der Waals surface area contributed by atoms with Crippen molar-refractivity contribution in [3.05, 3.63) is 53.7 Å². The number of amides is 1. The number of halogens is 1. The average Bonchev–Trinajstić information content (AvgIpc) is 3.07. The van der Waals surface area contributed by atoms with Crippen molar-refractivity contribution in [1.29, 1.82) is 0 Å². The molecular formula is C17H16FNO5. The summed E-state index contributed by atoms with van der Waals surface area (Å²) in [6.07, 6.45) is 2.27. The van der Waals surface area contributed by atoms with Crippen molar-refractivity contribution in [2.75, 3.05) is 13.1 Å². The lowest BCUT2D eigenvalue weighted by Gasteiger charge is -2.31. The number of rotatable bonds is 4. The van der Waals surface area contributed by atoms with Gasteiger partial charge in [-0.3, -0.25) is 4.79 Å². The Bertz CT molecular complexity index is 732. The van der Waals surface area contributed by atoms with Crippen LogP contribution in [0.5, 0.6) is 5.75 Å². The molecule has 1 fully saturated rings. The molecule has 2 heterocycles. The summed E-state index contributed by atoms with van der Waals surface area (Å²) in [7, 11) is 0. The largest absolute Gasteiger partial charge is 0.490 e. The molecule has 1 aromatic heterocycles. The van der Waals surface area contributed by atoms with Gasteiger partial charge in [-0.05, 0) is 24.3 Å². The zero-order valence-electron chi connectivity index (χ0n) is 12.8. The molecule has 0 atom stereocenters. The molecule has 6 nitrogen and oxygen atoms in total. The normalized spacial score (nSPS) is 15.3. The van der Waals surface area contributed by atoms with Gasteiger partial charge in [-0.15, -0.1) is 0 Å². The van der Waals surface area contributed by atoms with Crippen LogP contribution in [0.25, 0.3) is 0 Å². The summed E-state index contributed by atoms with van der Waals surface area (Å²) < 4.78 is 23.7. The zero-order chi connectivity index (χ0) is 17.1. The molecule has 0 unspecified atom stereocenters. The molecule has 1 amide bonds. The van der Waals surface area contributed by atoms with Crippen LogP contribution in [-0.2, 0) is 0 Å². The highest BCUT2D eigenvalue weighted by Crippen LogP contribution is 2.21. The molecule has 0 radical (unpaired) electrons. The van der Waals surface area contributed by atoms with E-state index in [4.69, 9.17) is 14.3 Å². The van der Waals surface area contributed by atoms with Crippen LogP contribution in [0.3, 0.4) is 0 Å². The fourth-order valence-corrected chi connectivity index (χ4v) is 2.60. The lowest BCUT2D eigenvalue weighted by molar-refractivity contribution is 0.0566. The third kappa shape index (κ3) is 3.56. The van der Waals surface area contributed by atoms with Gasteiger partial charge in [0.15, 0.2) is 5.76 Å². The van der Waals surface area contributed by atoms with Gasteiger partial charge >= 0.3 is 5.97 Å². The van der Waals surface area contributed by atoms with Crippen LogP contribution >= 0.6 is 0 Å². The Kier molecular flexibility index (Phi) is 4.50. The van der Waals surface area contributed by atoms with E-state index in [1.54, 1.807) is 17.0 Å². The number of hydrogen-bond acceptors (Lipinski definition) is 4. The number of ether oxygens (including phenoxy) is 1. The van der Waals surface area contributed by atoms with Gasteiger partial charge in [0.1, 0.15) is 23.9 Å². The minimum absolute atomic E-state index is 0.0188. The first-order valence-electron chi connectivity index (χ1n) is 7.56. The number of likely N-dealkylation sites (tertiary alicyclic amines) is 1. The minimum Gasteiger partial charge on any atom is -0.490 e. The number of hydrogen-bond donors (Lipinski definition) is 1. The van der Waals surface area contributed by atoms with Gasteiger partial charge in [-0.2, -0.15) is 0 Å². The summed E-state index contributed by atoms with van der Waals surface area (Å²) in [5, 5.41) is 8.86. The quantitative estimate of drug-likeness (QED) is 0.930. The number of carboxylic acid groups (broad SMARTS) is 1. The standard InChI is InChI=1S/C17H16FNO5/c18-12-1-3-13(4-2-12)24-14-5-7-19(8-6-14)16(20)15-9-11(10-23-15)17(21)22/h1-4,9-10,14H,5-8H2,(H,21,22). The van der Waals surface area contributed by atoms with Crippen LogP contribution in [0, 0.1) is 5.82 Å². The molecule has 1 saturated heterocycles. The monoisotopic (exact) mass is 333 g/mol. The van der Waals surface area contributed by atoms with Crippen molar-refractivity contribution >= 4 is 11.9 Å². The first kappa shape index (κ1) is 16.0. The fraction of sp³-hybridized carbons (Fsp3) is 0.294. The zero-order valence-corrected chi connectivity index (χ0v) is 12.8. The van der Waals surface area contributed by atoms with E-state index in [-0.39, 0.29) is 29.2 Å². The second-order valence-corrected chi connectivity index (χ2v) is 5.57. The van der Waals surface area contributed by atoms with E-state index in [9.17, 15) is 14.0 Å². The predicted molar refractivity (Wildman–Crippen MR) is 81.6 cm³/mol. The number of piperidine rings is 1. The van der Waals surface area contributed by atoms with Crippen LogP contribution in [0.15, 0.2) is 41.0 Å². The van der Waals surface area contributed by atoms with Crippen molar-refractivity contribution in [2.24, 2.45) is 0 Å². The summed E-state index contributed by atoms with van der Waals surface area (Å²) in [6, 6.07) is 7.05. The number of carbonyl (C=O) groups excluding carboxylic acids is 1. The Morgan fingerprint density at radius 3 is 2.46 bits per heavy atom. The summed E-state index contributed by atoms with van der Waals surface area (Å²) in [6.45, 7) is 0.960. The molecule has 1 aromatic carbocycles. The molecule has 1 aliphatic rings. The van der Waals surface area contributed by atoms with Crippen molar-refractivity contribution in [1.82, 2.24) is 4.90 Å². The van der Waals surface area contributed by atoms with E-state index in [1.165, 1.54) is 18.2 Å². The minimum atomic E-state index is -1.13. The number of furan rings is 1. The topological polar surface area (TPSA) is 80.0 Å². The van der Waals surface area contributed by atoms with Crippen molar-refractivity contribution in [2.45, 2.75) is 18.9 Å². The van der Waals surface area contributed by atoms with Crippen LogP contribution in [0.1, 0.15) is 33.8 Å². The molecule has 1 N–H and O–H groups in total. The van der Waals surface area contributed by atoms with Gasteiger partial charge in [0, 0.05) is 32.0 Å². The molecule has 0 bridgehead atoms. The van der Waals surface area contributed by atoms with E-state index in [0.717, 1.165) is 6.26 Å². The van der Waals surface area contributed by atoms with Crippen LogP contribution in [0.2, 0.25) is 0 Å². The first-order valence-corrected chi connectivity index (χ1v) is 7.56. The van der Waals surface area contributed by atoms with Gasteiger partial charge in [0.25, 0.3) is 5.91 Å². The maximum absolute atomic E-state index is 12.9. The van der Waals surface area contributed by atoms with Crippen molar-refractivity contribution < 1.29 is 28.2 Å². The predicted octanol–water partition coefficient (Wildman–Crippen LogP) is 2.80. The second-order valence-electron chi connectivity index (χ2n) is 5.57. The Morgan fingerprint density at radius 2 is 1.88 bits per heavy atom. The summed E-state index contributed by atoms with van der Waals surface area (Å²) in [5.74, 6) is -1.17. The number of nitrogens with zero attached hydrogens (tertiary/aromatic N) is 1. The maximum Gasteiger partial charge on any atom is 0.338 e. The number of carbonyl (C=O) groups is 2. The molecule has 126 valence electrons. The molecule has 0 saturated carbocycles. The highest BCUT2D eigenvalue weighted by atomic mass is 19.1. The van der Waals surface area contributed by atoms with E-state index in [0.29, 0.717) is 31.7 Å². The highest BCUT2D eigenvalue weighted by molar-refractivity contribution is 5.95. The number of carboxylic acids is 1. The van der Waals surface area contributed by atoms with E-state index in [2.05, 4.69) is 0 Å². The Labute approximate surface area is 137 Å². The van der Waals surface area contributed by atoms with Gasteiger partial charge < -0.3 is 19.2 Å². The highest BCUT2D eigenvalue weighted by Gasteiger charge is 2.27. The van der Waals surface area contributed by atoms with E-state index < -0.39 is 5.97 Å². The van der Waals surface area contributed by atoms with E-state index in [1.807, 2.05) is 0 Å². The number of benzene rings is 1. The van der Waals surface area contributed by atoms with Crippen LogP contribution < -0.4 is 4.74 Å². The smallest absolute Gasteiger partial charge is 0.338 e. The maximum atomic E-state index is 12.9. The SMILES string of the molecule is O=C(O)c1coc(C(=O)N2CCC(Oc3ccc(F)cc3)CC2)c1. The Morgan fingerprint density at radius 1 is 1.21 bits per heavy atom. The first-order chi connectivity index (χ1) is 11.5. The third-order valence-electron chi connectivity index (χ3n) is 3.90. The van der Waals surface area contributed by atoms with Crippen LogP contribution in [0.4, 0.5) is 4.39 Å². The average molecular weight is 333 g/mol. The molecule has 0 spiro atoms. The Balaban J connectivity index is 1.55. The van der Waals surface area contributed by atoms with Crippen molar-refractivity contribution in [3.8, 4) is 5.75 Å². The summed E-state index contributed by atoms with van der Waals surface area (Å²) in [4.78, 5) is 24.7. The van der Waals surface area contributed by atoms with Gasteiger partial charge in [0.05, 0.1) is 5.56 Å². The Hall–Kier alpha value is -2.83. The summed E-state index contributed by atoms with van der Waals surface area (Å²) >= 11 is 0. The third-order valence-corrected chi connectivity index (χ3v) is 3.90. The van der Waals surface area contributed by atoms with Crippen molar-refractivity contribution in [3.63, 3.8) is 0 Å². The molecule has 1 aliphatic heterocycles. The second kappa shape index (κ2) is 6.74. The molecule has 2 aromatic rings. The lowest BCUT2D eigenvalue weighted by Crippen LogP contribution is -2.41. The molecule has 3 rings (SSSR count). The molecule has 7 heteroatoms. The van der Waals surface area contributed by atoms with Gasteiger partial charge in [-0.1, -0.05) is 0 Å². The lowest BCUT2D eigenvalue weighted by atomic mass is 10.1. The molecular weight excluding hydrogens is 317 g/mol. The van der Waals surface area contributed by atoms with E-state index >= 15 is 0 Å². The van der Waals surface area contributed by atoms with Gasteiger partial charge in [0.2, 0.25) is 0 Å². The van der Waals surface area contributed by atoms with Gasteiger partial charge in [-0.25, -0.2) is 9.18 Å².